The minimum absolute atomic E-state index is 0.136. The molecule has 1 heterocycles. The van der Waals surface area contributed by atoms with Gasteiger partial charge in [-0.15, -0.1) is 10.2 Å². The van der Waals surface area contributed by atoms with Crippen molar-refractivity contribution >= 4 is 52.5 Å². The third-order valence-electron chi connectivity index (χ3n) is 4.20. The van der Waals surface area contributed by atoms with Gasteiger partial charge in [-0.1, -0.05) is 59.2 Å². The Morgan fingerprint density at radius 2 is 1.73 bits per heavy atom. The molecule has 0 saturated heterocycles. The van der Waals surface area contributed by atoms with Gasteiger partial charge in [0, 0.05) is 7.05 Å². The van der Waals surface area contributed by atoms with E-state index in [-0.39, 0.29) is 17.6 Å². The molecule has 0 bridgehead atoms. The average molecular weight is 464 g/mol. The first kappa shape index (κ1) is 22.1. The lowest BCUT2D eigenvalue weighted by molar-refractivity contribution is -0.113. The summed E-state index contributed by atoms with van der Waals surface area (Å²) in [5.74, 6) is 0.184. The summed E-state index contributed by atoms with van der Waals surface area (Å²) in [5, 5.41) is 15.3. The highest BCUT2D eigenvalue weighted by molar-refractivity contribution is 7.99. The first-order valence-electron chi connectivity index (χ1n) is 8.98. The third kappa shape index (κ3) is 5.33. The standard InChI is InChI=1S/C20H19Cl2N5O2S/c1-12(23-19(29)13-7-3-4-8-14(13)21)18-25-26-20(27(18)2)30-11-17(28)24-16-10-6-5-9-15(16)22/h3-10,12H,11H2,1-2H3,(H,23,29)(H,24,28)/t12-/m0/s1. The highest BCUT2D eigenvalue weighted by Gasteiger charge is 2.20. The maximum absolute atomic E-state index is 12.5. The molecule has 2 aromatic carbocycles. The zero-order chi connectivity index (χ0) is 21.7. The van der Waals surface area contributed by atoms with Gasteiger partial charge in [0.05, 0.1) is 33.1 Å². The number of thioether (sulfide) groups is 1. The number of amides is 2. The molecule has 0 aliphatic heterocycles. The number of para-hydroxylation sites is 1. The van der Waals surface area contributed by atoms with E-state index in [9.17, 15) is 9.59 Å². The van der Waals surface area contributed by atoms with E-state index in [1.807, 2.05) is 0 Å². The van der Waals surface area contributed by atoms with Gasteiger partial charge in [0.2, 0.25) is 5.91 Å². The van der Waals surface area contributed by atoms with E-state index in [0.717, 1.165) is 0 Å². The fourth-order valence-electron chi connectivity index (χ4n) is 2.69. The maximum Gasteiger partial charge on any atom is 0.253 e. The van der Waals surface area contributed by atoms with E-state index in [2.05, 4.69) is 20.8 Å². The summed E-state index contributed by atoms with van der Waals surface area (Å²) in [5.41, 5.74) is 0.943. The van der Waals surface area contributed by atoms with E-state index in [4.69, 9.17) is 23.2 Å². The number of halogens is 2. The second-order valence-corrected chi connectivity index (χ2v) is 8.15. The van der Waals surface area contributed by atoms with Gasteiger partial charge in [-0.25, -0.2) is 0 Å². The molecule has 0 radical (unpaired) electrons. The van der Waals surface area contributed by atoms with Crippen molar-refractivity contribution < 1.29 is 9.59 Å². The second kappa shape index (κ2) is 9.97. The predicted octanol–water partition coefficient (Wildman–Crippen LogP) is 4.34. The molecule has 3 rings (SSSR count). The number of benzene rings is 2. The van der Waals surface area contributed by atoms with Gasteiger partial charge < -0.3 is 15.2 Å². The van der Waals surface area contributed by atoms with Crippen LogP contribution in [0.3, 0.4) is 0 Å². The summed E-state index contributed by atoms with van der Waals surface area (Å²) in [4.78, 5) is 24.7. The van der Waals surface area contributed by atoms with Gasteiger partial charge in [0.1, 0.15) is 0 Å². The summed E-state index contributed by atoms with van der Waals surface area (Å²) in [6.45, 7) is 1.80. The van der Waals surface area contributed by atoms with Crippen molar-refractivity contribution in [3.63, 3.8) is 0 Å². The Bertz CT molecular complexity index is 1070. The van der Waals surface area contributed by atoms with Crippen LogP contribution < -0.4 is 10.6 Å². The van der Waals surface area contributed by atoms with Crippen LogP contribution in [-0.2, 0) is 11.8 Å². The molecule has 0 saturated carbocycles. The van der Waals surface area contributed by atoms with Crippen LogP contribution in [0.25, 0.3) is 0 Å². The van der Waals surface area contributed by atoms with E-state index >= 15 is 0 Å². The van der Waals surface area contributed by atoms with E-state index in [0.29, 0.717) is 32.3 Å². The fraction of sp³-hybridized carbons (Fsp3) is 0.200. The Morgan fingerprint density at radius 3 is 2.43 bits per heavy atom. The summed E-state index contributed by atoms with van der Waals surface area (Å²) in [6.07, 6.45) is 0. The minimum Gasteiger partial charge on any atom is -0.342 e. The number of hydrogen-bond donors (Lipinski definition) is 2. The fourth-order valence-corrected chi connectivity index (χ4v) is 3.81. The number of nitrogens with zero attached hydrogens (tertiary/aromatic N) is 3. The molecule has 30 heavy (non-hydrogen) atoms. The Labute approximate surface area is 188 Å². The molecule has 7 nitrogen and oxygen atoms in total. The molecular weight excluding hydrogens is 445 g/mol. The molecule has 156 valence electrons. The molecule has 2 N–H and O–H groups in total. The minimum atomic E-state index is -0.405. The van der Waals surface area contributed by atoms with Crippen LogP contribution in [0.4, 0.5) is 5.69 Å². The molecule has 2 amide bonds. The first-order chi connectivity index (χ1) is 14.4. The Morgan fingerprint density at radius 1 is 1.07 bits per heavy atom. The zero-order valence-electron chi connectivity index (χ0n) is 16.2. The van der Waals surface area contributed by atoms with Crippen molar-refractivity contribution in [3.8, 4) is 0 Å². The molecular formula is C20H19Cl2N5O2S. The molecule has 0 aliphatic carbocycles. The van der Waals surface area contributed by atoms with Crippen molar-refractivity contribution in [2.75, 3.05) is 11.1 Å². The summed E-state index contributed by atoms with van der Waals surface area (Å²) in [6, 6.07) is 13.4. The molecule has 0 unspecified atom stereocenters. The average Bonchev–Trinajstić information content (AvgIpc) is 3.09. The van der Waals surface area contributed by atoms with Crippen molar-refractivity contribution in [2.45, 2.75) is 18.1 Å². The molecule has 10 heteroatoms. The van der Waals surface area contributed by atoms with Crippen LogP contribution >= 0.6 is 35.0 Å². The predicted molar refractivity (Wildman–Crippen MR) is 119 cm³/mol. The van der Waals surface area contributed by atoms with E-state index in [1.54, 1.807) is 67.1 Å². The number of carbonyl (C=O) groups excluding carboxylic acids is 2. The topological polar surface area (TPSA) is 88.9 Å². The van der Waals surface area contributed by atoms with Crippen molar-refractivity contribution in [2.24, 2.45) is 7.05 Å². The van der Waals surface area contributed by atoms with Crippen LogP contribution in [-0.4, -0.2) is 32.3 Å². The Hall–Kier alpha value is -2.55. The first-order valence-corrected chi connectivity index (χ1v) is 10.7. The SMILES string of the molecule is C[C@H](NC(=O)c1ccccc1Cl)c1nnc(SCC(=O)Nc2ccccc2Cl)n1C. The molecule has 1 aromatic heterocycles. The Balaban J connectivity index is 1.60. The second-order valence-electron chi connectivity index (χ2n) is 6.39. The molecule has 0 spiro atoms. The lowest BCUT2D eigenvalue weighted by Crippen LogP contribution is -2.28. The van der Waals surface area contributed by atoms with Gasteiger partial charge in [0.15, 0.2) is 11.0 Å². The van der Waals surface area contributed by atoms with E-state index in [1.165, 1.54) is 11.8 Å². The van der Waals surface area contributed by atoms with Gasteiger partial charge in [-0.05, 0) is 31.2 Å². The zero-order valence-corrected chi connectivity index (χ0v) is 18.6. The number of nitrogens with one attached hydrogen (secondary N) is 2. The Kier molecular flexibility index (Phi) is 7.36. The summed E-state index contributed by atoms with van der Waals surface area (Å²) in [7, 11) is 1.78. The quantitative estimate of drug-likeness (QED) is 0.508. The van der Waals surface area contributed by atoms with Crippen LogP contribution in [0.5, 0.6) is 0 Å². The maximum atomic E-state index is 12.5. The number of aromatic nitrogens is 3. The smallest absolute Gasteiger partial charge is 0.253 e. The summed E-state index contributed by atoms with van der Waals surface area (Å²) >= 11 is 13.4. The monoisotopic (exact) mass is 463 g/mol. The normalized spacial score (nSPS) is 11.7. The number of hydrogen-bond acceptors (Lipinski definition) is 5. The number of anilines is 1. The highest BCUT2D eigenvalue weighted by atomic mass is 35.5. The van der Waals surface area contributed by atoms with Crippen molar-refractivity contribution in [3.05, 3.63) is 70.0 Å². The van der Waals surface area contributed by atoms with Gasteiger partial charge in [-0.2, -0.15) is 0 Å². The lowest BCUT2D eigenvalue weighted by Gasteiger charge is -2.14. The van der Waals surface area contributed by atoms with Crippen molar-refractivity contribution in [1.29, 1.82) is 0 Å². The van der Waals surface area contributed by atoms with Crippen LogP contribution in [0, 0.1) is 0 Å². The molecule has 0 aliphatic rings. The van der Waals surface area contributed by atoms with Gasteiger partial charge >= 0.3 is 0 Å². The van der Waals surface area contributed by atoms with Gasteiger partial charge in [0.25, 0.3) is 5.91 Å². The van der Waals surface area contributed by atoms with Crippen LogP contribution in [0.2, 0.25) is 10.0 Å². The van der Waals surface area contributed by atoms with Crippen LogP contribution in [0.1, 0.15) is 29.1 Å². The van der Waals surface area contributed by atoms with E-state index < -0.39 is 6.04 Å². The summed E-state index contributed by atoms with van der Waals surface area (Å²) < 4.78 is 1.74. The third-order valence-corrected chi connectivity index (χ3v) is 5.88. The largest absolute Gasteiger partial charge is 0.342 e. The lowest BCUT2D eigenvalue weighted by atomic mass is 10.2. The van der Waals surface area contributed by atoms with Gasteiger partial charge in [-0.3, -0.25) is 9.59 Å². The number of rotatable bonds is 7. The molecule has 0 fully saturated rings. The highest BCUT2D eigenvalue weighted by Crippen LogP contribution is 2.23. The number of carbonyl (C=O) groups is 2. The molecule has 3 aromatic rings. The van der Waals surface area contributed by atoms with Crippen molar-refractivity contribution in [1.82, 2.24) is 20.1 Å². The van der Waals surface area contributed by atoms with Crippen LogP contribution in [0.15, 0.2) is 53.7 Å². The molecule has 1 atom stereocenters.